The van der Waals surface area contributed by atoms with Gasteiger partial charge in [0, 0.05) is 11.1 Å². The monoisotopic (exact) mass is 374 g/mol. The molecule has 1 spiro atoms. The number of nitrogens with zero attached hydrogens (tertiary/aromatic N) is 1. The summed E-state index contributed by atoms with van der Waals surface area (Å²) in [4.78, 5) is 4.46. The lowest BCUT2D eigenvalue weighted by atomic mass is 9.79. The van der Waals surface area contributed by atoms with Crippen molar-refractivity contribution in [1.82, 2.24) is 0 Å². The van der Waals surface area contributed by atoms with E-state index in [4.69, 9.17) is 24.7 Å². The molecule has 1 saturated heterocycles. The van der Waals surface area contributed by atoms with Crippen LogP contribution in [0.5, 0.6) is 17.2 Å². The summed E-state index contributed by atoms with van der Waals surface area (Å²) in [5.41, 5.74) is 4.08. The molecule has 8 heteroatoms. The highest BCUT2D eigenvalue weighted by molar-refractivity contribution is 5.77. The van der Waals surface area contributed by atoms with E-state index in [0.29, 0.717) is 22.6 Å². The summed E-state index contributed by atoms with van der Waals surface area (Å²) in [6.07, 6.45) is 0. The molecule has 3 heterocycles. The summed E-state index contributed by atoms with van der Waals surface area (Å²) in [6, 6.07) is 7.80. The second-order valence-corrected chi connectivity index (χ2v) is 6.86. The van der Waals surface area contributed by atoms with Crippen LogP contribution in [0.4, 0.5) is 8.78 Å². The number of rotatable bonds is 2. The van der Waals surface area contributed by atoms with Gasteiger partial charge in [-0.15, -0.1) is 0 Å². The summed E-state index contributed by atoms with van der Waals surface area (Å²) in [5.74, 6) is 0.306. The summed E-state index contributed by atoms with van der Waals surface area (Å²) < 4.78 is 51.3. The van der Waals surface area contributed by atoms with Gasteiger partial charge in [0.05, 0.1) is 20.3 Å². The first-order valence-corrected chi connectivity index (χ1v) is 8.41. The Morgan fingerprint density at radius 2 is 1.96 bits per heavy atom. The molecule has 2 N–H and O–H groups in total. The van der Waals surface area contributed by atoms with E-state index in [0.717, 1.165) is 6.07 Å². The van der Waals surface area contributed by atoms with Crippen molar-refractivity contribution in [3.63, 3.8) is 0 Å². The topological polar surface area (TPSA) is 75.3 Å². The van der Waals surface area contributed by atoms with E-state index >= 15 is 0 Å². The summed E-state index contributed by atoms with van der Waals surface area (Å²) in [6.45, 7) is -0.190. The summed E-state index contributed by atoms with van der Waals surface area (Å²) in [7, 11) is 1.54. The SMILES string of the molecule is COc1ccc2c(c1)C1(COC(N)=N1)c1cc(C3(F)COC3)cc(F)c1O2. The van der Waals surface area contributed by atoms with E-state index in [2.05, 4.69) is 4.99 Å². The van der Waals surface area contributed by atoms with E-state index in [1.165, 1.54) is 7.11 Å². The molecule has 0 saturated carbocycles. The standard InChI is InChI=1S/C19H16F2N2O4/c1-24-11-2-3-15-12(6-11)19(9-26-17(22)23-19)13-4-10(18(21)7-25-8-18)5-14(20)16(13)27-15/h2-6H,7-9H2,1H3,(H2,22,23). The fourth-order valence-electron chi connectivity index (χ4n) is 3.72. The maximum Gasteiger partial charge on any atom is 0.283 e. The van der Waals surface area contributed by atoms with Gasteiger partial charge in [-0.2, -0.15) is 0 Å². The van der Waals surface area contributed by atoms with Gasteiger partial charge in [-0.25, -0.2) is 13.8 Å². The Morgan fingerprint density at radius 3 is 2.59 bits per heavy atom. The van der Waals surface area contributed by atoms with Crippen LogP contribution in [-0.4, -0.2) is 33.0 Å². The molecule has 0 bridgehead atoms. The van der Waals surface area contributed by atoms with Crippen LogP contribution >= 0.6 is 0 Å². The third-order valence-corrected chi connectivity index (χ3v) is 5.24. The van der Waals surface area contributed by atoms with Crippen LogP contribution in [-0.2, 0) is 20.7 Å². The molecule has 5 rings (SSSR count). The average molecular weight is 374 g/mol. The van der Waals surface area contributed by atoms with Gasteiger partial charge in [0.25, 0.3) is 6.02 Å². The fourth-order valence-corrected chi connectivity index (χ4v) is 3.72. The lowest BCUT2D eigenvalue weighted by Gasteiger charge is -2.37. The van der Waals surface area contributed by atoms with E-state index in [1.807, 2.05) is 0 Å². The molecule has 140 valence electrons. The first kappa shape index (κ1) is 16.3. The van der Waals surface area contributed by atoms with Crippen LogP contribution < -0.4 is 15.2 Å². The van der Waals surface area contributed by atoms with Crippen LogP contribution in [0.25, 0.3) is 0 Å². The molecule has 6 nitrogen and oxygen atoms in total. The van der Waals surface area contributed by atoms with E-state index < -0.39 is 17.0 Å². The van der Waals surface area contributed by atoms with Gasteiger partial charge >= 0.3 is 0 Å². The largest absolute Gasteiger partial charge is 0.497 e. The maximum atomic E-state index is 14.9. The molecule has 2 aromatic carbocycles. The fraction of sp³-hybridized carbons (Fsp3) is 0.316. The Morgan fingerprint density at radius 1 is 1.15 bits per heavy atom. The lowest BCUT2D eigenvalue weighted by molar-refractivity contribution is -0.135. The van der Waals surface area contributed by atoms with Crippen LogP contribution in [0.15, 0.2) is 35.3 Å². The van der Waals surface area contributed by atoms with Gasteiger partial charge in [0.15, 0.2) is 22.8 Å². The molecule has 0 aromatic heterocycles. The predicted octanol–water partition coefficient (Wildman–Crippen LogP) is 2.72. The molecule has 1 atom stereocenters. The van der Waals surface area contributed by atoms with Gasteiger partial charge in [-0.1, -0.05) is 0 Å². The van der Waals surface area contributed by atoms with Gasteiger partial charge in [0.1, 0.15) is 18.1 Å². The quantitative estimate of drug-likeness (QED) is 0.875. The van der Waals surface area contributed by atoms with Crippen LogP contribution in [0, 0.1) is 5.82 Å². The third kappa shape index (κ3) is 2.16. The van der Waals surface area contributed by atoms with Crippen molar-refractivity contribution >= 4 is 6.02 Å². The number of hydrogen-bond acceptors (Lipinski definition) is 6. The minimum Gasteiger partial charge on any atom is -0.497 e. The van der Waals surface area contributed by atoms with Crippen molar-refractivity contribution in [3.05, 3.63) is 52.8 Å². The summed E-state index contributed by atoms with van der Waals surface area (Å²) >= 11 is 0. The minimum atomic E-state index is -1.74. The number of aliphatic imine (C=N–C) groups is 1. The number of amidine groups is 1. The number of halogens is 2. The second kappa shape index (κ2) is 5.32. The van der Waals surface area contributed by atoms with Crippen molar-refractivity contribution in [2.24, 2.45) is 10.7 Å². The maximum absolute atomic E-state index is 14.9. The van der Waals surface area contributed by atoms with Gasteiger partial charge < -0.3 is 24.7 Å². The smallest absolute Gasteiger partial charge is 0.283 e. The molecule has 0 amide bonds. The number of nitrogens with two attached hydrogens (primary N) is 1. The van der Waals surface area contributed by atoms with Crippen LogP contribution in [0.1, 0.15) is 16.7 Å². The summed E-state index contributed by atoms with van der Waals surface area (Å²) in [5, 5.41) is 0. The second-order valence-electron chi connectivity index (χ2n) is 6.86. The van der Waals surface area contributed by atoms with Crippen molar-refractivity contribution in [2.45, 2.75) is 11.2 Å². The zero-order chi connectivity index (χ0) is 18.8. The van der Waals surface area contributed by atoms with Crippen LogP contribution in [0.3, 0.4) is 0 Å². The highest BCUT2D eigenvalue weighted by atomic mass is 19.1. The van der Waals surface area contributed by atoms with Crippen molar-refractivity contribution in [3.8, 4) is 17.2 Å². The van der Waals surface area contributed by atoms with E-state index in [-0.39, 0.29) is 37.2 Å². The van der Waals surface area contributed by atoms with Crippen molar-refractivity contribution in [1.29, 1.82) is 0 Å². The third-order valence-electron chi connectivity index (χ3n) is 5.24. The molecule has 0 aliphatic carbocycles. The first-order valence-electron chi connectivity index (χ1n) is 8.41. The van der Waals surface area contributed by atoms with Crippen LogP contribution in [0.2, 0.25) is 0 Å². The van der Waals surface area contributed by atoms with E-state index in [9.17, 15) is 8.78 Å². The van der Waals surface area contributed by atoms with Gasteiger partial charge in [-0.05, 0) is 35.9 Å². The highest BCUT2D eigenvalue weighted by Gasteiger charge is 2.50. The Bertz CT molecular complexity index is 990. The molecular formula is C19H16F2N2O4. The lowest BCUT2D eigenvalue weighted by Crippen LogP contribution is -2.43. The Labute approximate surface area is 153 Å². The molecule has 1 unspecified atom stereocenters. The Balaban J connectivity index is 1.77. The predicted molar refractivity (Wildman–Crippen MR) is 91.4 cm³/mol. The normalized spacial score (nSPS) is 24.2. The number of methoxy groups -OCH3 is 1. The molecule has 27 heavy (non-hydrogen) atoms. The Hall–Kier alpha value is -2.87. The number of fused-ring (bicyclic) bond motifs is 4. The Kier molecular flexibility index (Phi) is 3.22. The molecule has 2 aromatic rings. The number of alkyl halides is 1. The molecule has 1 fully saturated rings. The van der Waals surface area contributed by atoms with Crippen molar-refractivity contribution in [2.75, 3.05) is 26.9 Å². The first-order chi connectivity index (χ1) is 12.9. The highest BCUT2D eigenvalue weighted by Crippen LogP contribution is 2.53. The number of ether oxygens (including phenoxy) is 4. The van der Waals surface area contributed by atoms with Gasteiger partial charge in [0.2, 0.25) is 0 Å². The molecular weight excluding hydrogens is 358 g/mol. The zero-order valence-electron chi connectivity index (χ0n) is 14.4. The van der Waals surface area contributed by atoms with Crippen molar-refractivity contribution < 1.29 is 27.7 Å². The number of benzene rings is 2. The van der Waals surface area contributed by atoms with Gasteiger partial charge in [-0.3, -0.25) is 0 Å². The molecule has 3 aliphatic heterocycles. The minimum absolute atomic E-state index is 0.0118. The zero-order valence-corrected chi connectivity index (χ0v) is 14.4. The number of hydrogen-bond donors (Lipinski definition) is 1. The average Bonchev–Trinajstić information content (AvgIpc) is 3.03. The molecule has 0 radical (unpaired) electrons. The molecule has 3 aliphatic rings. The van der Waals surface area contributed by atoms with E-state index in [1.54, 1.807) is 24.3 Å².